The van der Waals surface area contributed by atoms with Crippen molar-refractivity contribution < 1.29 is 8.42 Å². The SMILES string of the molecule is CC(Cl)C1CCN(S(=O)(=O)c2cccc(Br)c2)CC1. The molecule has 1 fully saturated rings. The average Bonchev–Trinajstić information content (AvgIpc) is 2.39. The molecule has 1 aliphatic rings. The molecule has 1 aromatic rings. The number of rotatable bonds is 3. The zero-order valence-corrected chi connectivity index (χ0v) is 13.9. The van der Waals surface area contributed by atoms with Crippen molar-refractivity contribution in [3.8, 4) is 0 Å². The Morgan fingerprint density at radius 2 is 2.00 bits per heavy atom. The van der Waals surface area contributed by atoms with Crippen LogP contribution in [0.1, 0.15) is 19.8 Å². The van der Waals surface area contributed by atoms with Crippen molar-refractivity contribution in [2.75, 3.05) is 13.1 Å². The van der Waals surface area contributed by atoms with Gasteiger partial charge in [-0.1, -0.05) is 22.0 Å². The highest BCUT2D eigenvalue weighted by molar-refractivity contribution is 9.10. The normalized spacial score (nSPS) is 20.4. The molecule has 1 atom stereocenters. The number of alkyl halides is 1. The molecule has 2 rings (SSSR count). The first-order valence-electron chi connectivity index (χ1n) is 6.31. The largest absolute Gasteiger partial charge is 0.243 e. The number of sulfonamides is 1. The summed E-state index contributed by atoms with van der Waals surface area (Å²) in [6.07, 6.45) is 1.66. The molecule has 106 valence electrons. The van der Waals surface area contributed by atoms with E-state index >= 15 is 0 Å². The lowest BCUT2D eigenvalue weighted by Crippen LogP contribution is -2.39. The molecule has 1 heterocycles. The Morgan fingerprint density at radius 1 is 1.37 bits per heavy atom. The van der Waals surface area contributed by atoms with E-state index in [1.165, 1.54) is 0 Å². The van der Waals surface area contributed by atoms with Gasteiger partial charge in [-0.3, -0.25) is 0 Å². The van der Waals surface area contributed by atoms with Gasteiger partial charge in [-0.2, -0.15) is 4.31 Å². The predicted molar refractivity (Wildman–Crippen MR) is 80.9 cm³/mol. The summed E-state index contributed by atoms with van der Waals surface area (Å²) >= 11 is 9.39. The maximum Gasteiger partial charge on any atom is 0.243 e. The van der Waals surface area contributed by atoms with E-state index < -0.39 is 10.0 Å². The Balaban J connectivity index is 2.14. The number of nitrogens with zero attached hydrogens (tertiary/aromatic N) is 1. The van der Waals surface area contributed by atoms with E-state index in [9.17, 15) is 8.42 Å². The third-order valence-electron chi connectivity index (χ3n) is 3.58. The minimum atomic E-state index is -3.37. The van der Waals surface area contributed by atoms with Crippen LogP contribution in [0.2, 0.25) is 0 Å². The van der Waals surface area contributed by atoms with Gasteiger partial charge in [0, 0.05) is 22.9 Å². The summed E-state index contributed by atoms with van der Waals surface area (Å²) in [6, 6.07) is 6.84. The molecule has 1 unspecified atom stereocenters. The molecule has 1 saturated heterocycles. The number of benzene rings is 1. The summed E-state index contributed by atoms with van der Waals surface area (Å²) in [5, 5.41) is 0.107. The van der Waals surface area contributed by atoms with Gasteiger partial charge in [0.25, 0.3) is 0 Å². The Morgan fingerprint density at radius 3 is 2.53 bits per heavy atom. The van der Waals surface area contributed by atoms with E-state index in [2.05, 4.69) is 15.9 Å². The van der Waals surface area contributed by atoms with E-state index in [0.717, 1.165) is 17.3 Å². The molecule has 0 bridgehead atoms. The van der Waals surface area contributed by atoms with Crippen LogP contribution in [0.25, 0.3) is 0 Å². The standard InChI is InChI=1S/C13H17BrClNO2S/c1-10(15)11-5-7-16(8-6-11)19(17,18)13-4-2-3-12(14)9-13/h2-4,9-11H,5-8H2,1H3. The second kappa shape index (κ2) is 6.12. The fourth-order valence-electron chi connectivity index (χ4n) is 2.35. The highest BCUT2D eigenvalue weighted by Gasteiger charge is 2.30. The lowest BCUT2D eigenvalue weighted by molar-refractivity contribution is 0.271. The maximum absolute atomic E-state index is 12.5. The van der Waals surface area contributed by atoms with Crippen molar-refractivity contribution >= 4 is 37.6 Å². The third kappa shape index (κ3) is 3.51. The second-order valence-corrected chi connectivity index (χ2v) is 8.42. The van der Waals surface area contributed by atoms with Crippen molar-refractivity contribution in [2.45, 2.75) is 30.0 Å². The van der Waals surface area contributed by atoms with Gasteiger partial charge >= 0.3 is 0 Å². The molecule has 0 aliphatic carbocycles. The van der Waals surface area contributed by atoms with Gasteiger partial charge < -0.3 is 0 Å². The molecule has 0 N–H and O–H groups in total. The van der Waals surface area contributed by atoms with Crippen molar-refractivity contribution in [2.24, 2.45) is 5.92 Å². The number of piperidine rings is 1. The topological polar surface area (TPSA) is 37.4 Å². The molecule has 0 radical (unpaired) electrons. The summed E-state index contributed by atoms with van der Waals surface area (Å²) in [4.78, 5) is 0.347. The van der Waals surface area contributed by atoms with E-state index in [1.807, 2.05) is 13.0 Å². The van der Waals surface area contributed by atoms with Crippen molar-refractivity contribution in [3.05, 3.63) is 28.7 Å². The van der Waals surface area contributed by atoms with Crippen molar-refractivity contribution in [1.29, 1.82) is 0 Å². The maximum atomic E-state index is 12.5. The number of hydrogen-bond acceptors (Lipinski definition) is 2. The van der Waals surface area contributed by atoms with Crippen LogP contribution in [0.5, 0.6) is 0 Å². The van der Waals surface area contributed by atoms with Crippen molar-refractivity contribution in [1.82, 2.24) is 4.31 Å². The molecule has 1 aromatic carbocycles. The van der Waals surface area contributed by atoms with Crippen LogP contribution in [-0.4, -0.2) is 31.2 Å². The molecule has 3 nitrogen and oxygen atoms in total. The highest BCUT2D eigenvalue weighted by Crippen LogP contribution is 2.28. The van der Waals surface area contributed by atoms with Crippen LogP contribution in [0.15, 0.2) is 33.6 Å². The zero-order chi connectivity index (χ0) is 14.0. The smallest absolute Gasteiger partial charge is 0.207 e. The first-order chi connectivity index (χ1) is 8.91. The fraction of sp³-hybridized carbons (Fsp3) is 0.538. The van der Waals surface area contributed by atoms with Gasteiger partial charge in [-0.05, 0) is 43.9 Å². The van der Waals surface area contributed by atoms with Gasteiger partial charge in [-0.25, -0.2) is 8.42 Å². The highest BCUT2D eigenvalue weighted by atomic mass is 79.9. The van der Waals surface area contributed by atoms with Gasteiger partial charge in [-0.15, -0.1) is 11.6 Å². The monoisotopic (exact) mass is 365 g/mol. The Labute approximate surface area is 128 Å². The summed E-state index contributed by atoms with van der Waals surface area (Å²) in [5.41, 5.74) is 0. The van der Waals surface area contributed by atoms with Crippen LogP contribution in [0.3, 0.4) is 0 Å². The van der Waals surface area contributed by atoms with Crippen LogP contribution in [0, 0.1) is 5.92 Å². The predicted octanol–water partition coefficient (Wildman–Crippen LogP) is 3.48. The summed E-state index contributed by atoms with van der Waals surface area (Å²) in [5.74, 6) is 0.413. The molecule has 19 heavy (non-hydrogen) atoms. The van der Waals surface area contributed by atoms with E-state index in [4.69, 9.17) is 11.6 Å². The Hall–Kier alpha value is -0.100. The average molecular weight is 367 g/mol. The molecule has 1 aliphatic heterocycles. The molecule has 0 aromatic heterocycles. The summed E-state index contributed by atoms with van der Waals surface area (Å²) < 4.78 is 27.3. The van der Waals surface area contributed by atoms with E-state index in [0.29, 0.717) is 23.9 Å². The van der Waals surface area contributed by atoms with Gasteiger partial charge in [0.2, 0.25) is 10.0 Å². The van der Waals surface area contributed by atoms with Crippen LogP contribution >= 0.6 is 27.5 Å². The molecular formula is C13H17BrClNO2S. The first-order valence-corrected chi connectivity index (χ1v) is 8.98. The van der Waals surface area contributed by atoms with Gasteiger partial charge in [0.1, 0.15) is 0 Å². The lowest BCUT2D eigenvalue weighted by atomic mass is 9.95. The summed E-state index contributed by atoms with van der Waals surface area (Å²) in [7, 11) is -3.37. The minimum absolute atomic E-state index is 0.107. The molecule has 6 heteroatoms. The Kier molecular flexibility index (Phi) is 4.93. The molecule has 0 spiro atoms. The van der Waals surface area contributed by atoms with Crippen LogP contribution in [-0.2, 0) is 10.0 Å². The first kappa shape index (κ1) is 15.3. The van der Waals surface area contributed by atoms with Crippen molar-refractivity contribution in [3.63, 3.8) is 0 Å². The molecule has 0 amide bonds. The van der Waals surface area contributed by atoms with Crippen LogP contribution in [0.4, 0.5) is 0 Å². The van der Waals surface area contributed by atoms with E-state index in [1.54, 1.807) is 22.5 Å². The van der Waals surface area contributed by atoms with E-state index in [-0.39, 0.29) is 5.38 Å². The number of hydrogen-bond donors (Lipinski definition) is 0. The molecule has 0 saturated carbocycles. The Bertz CT molecular complexity index is 539. The fourth-order valence-corrected chi connectivity index (χ4v) is 4.67. The zero-order valence-electron chi connectivity index (χ0n) is 10.7. The summed E-state index contributed by atoms with van der Waals surface area (Å²) in [6.45, 7) is 3.08. The lowest BCUT2D eigenvalue weighted by Gasteiger charge is -2.32. The third-order valence-corrected chi connectivity index (χ3v) is 6.33. The van der Waals surface area contributed by atoms with Gasteiger partial charge in [0.05, 0.1) is 4.90 Å². The van der Waals surface area contributed by atoms with Gasteiger partial charge in [0.15, 0.2) is 0 Å². The quantitative estimate of drug-likeness (QED) is 0.768. The minimum Gasteiger partial charge on any atom is -0.207 e. The number of halogens is 2. The molecular weight excluding hydrogens is 350 g/mol. The second-order valence-electron chi connectivity index (χ2n) is 4.88. The van der Waals surface area contributed by atoms with Crippen LogP contribution < -0.4 is 0 Å².